The average Bonchev–Trinajstić information content (AvgIpc) is 2.73. The van der Waals surface area contributed by atoms with Gasteiger partial charge in [-0.15, -0.1) is 0 Å². The molecule has 2 N–H and O–H groups in total. The van der Waals surface area contributed by atoms with Crippen LogP contribution in [-0.2, 0) is 9.59 Å². The van der Waals surface area contributed by atoms with Gasteiger partial charge in [0.05, 0.1) is 6.54 Å². The van der Waals surface area contributed by atoms with Crippen molar-refractivity contribution in [3.05, 3.63) is 0 Å². The quantitative estimate of drug-likeness (QED) is 0.764. The fourth-order valence-corrected chi connectivity index (χ4v) is 2.01. The molecule has 1 unspecified atom stereocenters. The second-order valence-electron chi connectivity index (χ2n) is 5.94. The summed E-state index contributed by atoms with van der Waals surface area (Å²) in [6.45, 7) is 7.13. The van der Waals surface area contributed by atoms with Gasteiger partial charge in [0.15, 0.2) is 0 Å². The number of nitrogens with one attached hydrogen (secondary N) is 1. The Labute approximate surface area is 109 Å². The molecule has 0 aromatic rings. The number of aliphatic hydroxyl groups excluding tert-OH is 1. The third-order valence-corrected chi connectivity index (χ3v) is 3.26. The van der Waals surface area contributed by atoms with Crippen molar-refractivity contribution in [2.24, 2.45) is 11.3 Å². The highest BCUT2D eigenvalue weighted by Gasteiger charge is 2.27. The molecule has 0 saturated carbocycles. The monoisotopic (exact) mass is 256 g/mol. The van der Waals surface area contributed by atoms with Crippen LogP contribution in [0, 0.1) is 11.3 Å². The summed E-state index contributed by atoms with van der Waals surface area (Å²) in [5.41, 5.74) is -0.468. The Morgan fingerprint density at radius 2 is 2.06 bits per heavy atom. The molecule has 1 rings (SSSR count). The fraction of sp³-hybridized carbons (Fsp3) is 0.846. The molecule has 1 fully saturated rings. The number of amides is 2. The molecule has 0 aromatic carbocycles. The van der Waals surface area contributed by atoms with Gasteiger partial charge in [0.25, 0.3) is 0 Å². The molecular weight excluding hydrogens is 232 g/mol. The minimum absolute atomic E-state index is 0.0342. The summed E-state index contributed by atoms with van der Waals surface area (Å²) in [4.78, 5) is 25.3. The smallest absolute Gasteiger partial charge is 0.241 e. The number of hydrogen-bond donors (Lipinski definition) is 2. The number of rotatable bonds is 4. The van der Waals surface area contributed by atoms with Crippen LogP contribution in [0.3, 0.4) is 0 Å². The third-order valence-electron chi connectivity index (χ3n) is 3.26. The van der Waals surface area contributed by atoms with E-state index in [1.807, 2.05) is 20.8 Å². The van der Waals surface area contributed by atoms with Gasteiger partial charge in [0, 0.05) is 25.1 Å². The Morgan fingerprint density at radius 3 is 2.61 bits per heavy atom. The van der Waals surface area contributed by atoms with Crippen LogP contribution in [0.4, 0.5) is 0 Å². The minimum Gasteiger partial charge on any atom is -0.396 e. The summed E-state index contributed by atoms with van der Waals surface area (Å²) in [6.07, 6.45) is 1.69. The molecular formula is C13H24N2O3. The zero-order valence-electron chi connectivity index (χ0n) is 11.5. The van der Waals surface area contributed by atoms with Crippen LogP contribution in [0.5, 0.6) is 0 Å². The van der Waals surface area contributed by atoms with E-state index in [0.29, 0.717) is 12.5 Å². The van der Waals surface area contributed by atoms with Gasteiger partial charge in [0.2, 0.25) is 11.8 Å². The van der Waals surface area contributed by atoms with Gasteiger partial charge in [-0.1, -0.05) is 20.8 Å². The Kier molecular flexibility index (Phi) is 5.14. The molecule has 0 spiro atoms. The first-order chi connectivity index (χ1) is 8.34. The highest BCUT2D eigenvalue weighted by molar-refractivity contribution is 5.87. The van der Waals surface area contributed by atoms with Crippen LogP contribution in [-0.4, -0.2) is 48.1 Å². The molecule has 2 amide bonds. The van der Waals surface area contributed by atoms with Crippen molar-refractivity contribution in [3.63, 3.8) is 0 Å². The van der Waals surface area contributed by atoms with Crippen molar-refractivity contribution in [3.8, 4) is 0 Å². The number of carbonyl (C=O) groups is 2. The van der Waals surface area contributed by atoms with Gasteiger partial charge in [-0.25, -0.2) is 0 Å². The first kappa shape index (κ1) is 15.0. The van der Waals surface area contributed by atoms with Crippen LogP contribution in [0.2, 0.25) is 0 Å². The van der Waals surface area contributed by atoms with Gasteiger partial charge in [-0.2, -0.15) is 0 Å². The van der Waals surface area contributed by atoms with Gasteiger partial charge in [-0.05, 0) is 18.8 Å². The SMILES string of the molecule is CC(C)(C)C(=O)NCC(=O)N1CCC(CCO)C1. The second-order valence-corrected chi connectivity index (χ2v) is 5.94. The molecule has 0 aromatic heterocycles. The molecule has 104 valence electrons. The highest BCUT2D eigenvalue weighted by Crippen LogP contribution is 2.19. The molecule has 1 atom stereocenters. The van der Waals surface area contributed by atoms with Gasteiger partial charge in [-0.3, -0.25) is 9.59 Å². The van der Waals surface area contributed by atoms with E-state index in [-0.39, 0.29) is 25.0 Å². The first-order valence-corrected chi connectivity index (χ1v) is 6.51. The van der Waals surface area contributed by atoms with Crippen molar-refractivity contribution in [1.29, 1.82) is 0 Å². The molecule has 1 aliphatic rings. The maximum atomic E-state index is 11.9. The number of hydrogen-bond acceptors (Lipinski definition) is 3. The number of carbonyl (C=O) groups excluding carboxylic acids is 2. The van der Waals surface area contributed by atoms with Crippen molar-refractivity contribution >= 4 is 11.8 Å². The van der Waals surface area contributed by atoms with Gasteiger partial charge < -0.3 is 15.3 Å². The summed E-state index contributed by atoms with van der Waals surface area (Å²) >= 11 is 0. The lowest BCUT2D eigenvalue weighted by molar-refractivity contribution is -0.134. The lowest BCUT2D eigenvalue weighted by atomic mass is 9.96. The molecule has 5 nitrogen and oxygen atoms in total. The summed E-state index contributed by atoms with van der Waals surface area (Å²) in [5, 5.41) is 11.5. The number of likely N-dealkylation sites (tertiary alicyclic amines) is 1. The summed E-state index contributed by atoms with van der Waals surface area (Å²) in [6, 6.07) is 0. The van der Waals surface area contributed by atoms with Crippen molar-refractivity contribution in [1.82, 2.24) is 10.2 Å². The number of aliphatic hydroxyl groups is 1. The largest absolute Gasteiger partial charge is 0.396 e. The average molecular weight is 256 g/mol. The third kappa shape index (κ3) is 4.29. The zero-order chi connectivity index (χ0) is 13.8. The molecule has 0 aliphatic carbocycles. The van der Waals surface area contributed by atoms with E-state index < -0.39 is 5.41 Å². The van der Waals surface area contributed by atoms with E-state index in [4.69, 9.17) is 5.11 Å². The normalized spacial score (nSPS) is 20.0. The molecule has 1 heterocycles. The standard InChI is InChI=1S/C13H24N2O3/c1-13(2,3)12(18)14-8-11(17)15-6-4-10(9-15)5-7-16/h10,16H,4-9H2,1-3H3,(H,14,18). The molecule has 5 heteroatoms. The van der Waals surface area contributed by atoms with Crippen LogP contribution in [0.15, 0.2) is 0 Å². The predicted octanol–water partition coefficient (Wildman–Crippen LogP) is 0.380. The molecule has 1 aliphatic heterocycles. The zero-order valence-corrected chi connectivity index (χ0v) is 11.5. The topological polar surface area (TPSA) is 69.6 Å². The van der Waals surface area contributed by atoms with Crippen molar-refractivity contribution in [2.75, 3.05) is 26.2 Å². The van der Waals surface area contributed by atoms with E-state index in [1.54, 1.807) is 4.90 Å². The maximum absolute atomic E-state index is 11.9. The van der Waals surface area contributed by atoms with E-state index in [2.05, 4.69) is 5.32 Å². The van der Waals surface area contributed by atoms with E-state index in [1.165, 1.54) is 0 Å². The van der Waals surface area contributed by atoms with E-state index in [9.17, 15) is 9.59 Å². The first-order valence-electron chi connectivity index (χ1n) is 6.51. The minimum atomic E-state index is -0.468. The van der Waals surface area contributed by atoms with Crippen molar-refractivity contribution < 1.29 is 14.7 Å². The maximum Gasteiger partial charge on any atom is 0.241 e. The number of nitrogens with zero attached hydrogens (tertiary/aromatic N) is 1. The van der Waals surface area contributed by atoms with Crippen LogP contribution in [0.25, 0.3) is 0 Å². The van der Waals surface area contributed by atoms with E-state index >= 15 is 0 Å². The molecule has 1 saturated heterocycles. The Hall–Kier alpha value is -1.10. The van der Waals surface area contributed by atoms with Crippen LogP contribution < -0.4 is 5.32 Å². The summed E-state index contributed by atoms with van der Waals surface area (Å²) in [5.74, 6) is 0.257. The Balaban J connectivity index is 2.32. The van der Waals surface area contributed by atoms with Gasteiger partial charge in [0.1, 0.15) is 0 Å². The summed E-state index contributed by atoms with van der Waals surface area (Å²) in [7, 11) is 0. The predicted molar refractivity (Wildman–Crippen MR) is 68.9 cm³/mol. The molecule has 0 radical (unpaired) electrons. The van der Waals surface area contributed by atoms with Gasteiger partial charge >= 0.3 is 0 Å². The second kappa shape index (κ2) is 6.18. The molecule has 18 heavy (non-hydrogen) atoms. The lowest BCUT2D eigenvalue weighted by Crippen LogP contribution is -2.42. The van der Waals surface area contributed by atoms with Crippen LogP contribution >= 0.6 is 0 Å². The Bertz CT molecular complexity index is 310. The van der Waals surface area contributed by atoms with Crippen molar-refractivity contribution in [2.45, 2.75) is 33.6 Å². The highest BCUT2D eigenvalue weighted by atomic mass is 16.3. The summed E-state index contributed by atoms with van der Waals surface area (Å²) < 4.78 is 0. The fourth-order valence-electron chi connectivity index (χ4n) is 2.01. The lowest BCUT2D eigenvalue weighted by Gasteiger charge is -2.20. The van der Waals surface area contributed by atoms with E-state index in [0.717, 1.165) is 19.4 Å². The Morgan fingerprint density at radius 1 is 1.39 bits per heavy atom. The van der Waals surface area contributed by atoms with Crippen LogP contribution in [0.1, 0.15) is 33.6 Å². The molecule has 0 bridgehead atoms.